The molecule has 0 bridgehead atoms. The quantitative estimate of drug-likeness (QED) is 0.779. The number of nitrogens with zero attached hydrogens (tertiary/aromatic N) is 1. The molecule has 1 amide bonds. The lowest BCUT2D eigenvalue weighted by atomic mass is 9.91. The zero-order chi connectivity index (χ0) is 13.9. The summed E-state index contributed by atoms with van der Waals surface area (Å²) in [6.45, 7) is 2.21. The molecular formula is C15H21N3O2. The molecular weight excluding hydrogens is 254 g/mol. The fraction of sp³-hybridized carbons (Fsp3) is 0.533. The van der Waals surface area contributed by atoms with Gasteiger partial charge in [-0.05, 0) is 37.5 Å². The minimum absolute atomic E-state index is 0.0208. The van der Waals surface area contributed by atoms with Gasteiger partial charge in [0.25, 0.3) is 5.91 Å². The molecule has 2 aliphatic rings. The molecule has 0 unspecified atom stereocenters. The van der Waals surface area contributed by atoms with Gasteiger partial charge >= 0.3 is 0 Å². The van der Waals surface area contributed by atoms with Crippen molar-refractivity contribution >= 4 is 17.3 Å². The number of anilines is 2. The van der Waals surface area contributed by atoms with Crippen molar-refractivity contribution in [1.82, 2.24) is 4.90 Å². The highest BCUT2D eigenvalue weighted by Gasteiger charge is 2.29. The second-order valence-corrected chi connectivity index (χ2v) is 5.42. The summed E-state index contributed by atoms with van der Waals surface area (Å²) in [5, 5.41) is 15.8. The Kier molecular flexibility index (Phi) is 3.78. The number of carbonyl (C=O) groups is 1. The van der Waals surface area contributed by atoms with E-state index < -0.39 is 0 Å². The predicted octanol–water partition coefficient (Wildman–Crippen LogP) is 1.51. The number of aliphatic hydroxyl groups is 1. The average molecular weight is 275 g/mol. The third kappa shape index (κ3) is 2.45. The highest BCUT2D eigenvalue weighted by atomic mass is 16.3. The molecule has 1 fully saturated rings. The van der Waals surface area contributed by atoms with Crippen molar-refractivity contribution in [2.75, 3.05) is 36.9 Å². The van der Waals surface area contributed by atoms with E-state index in [1.54, 1.807) is 0 Å². The van der Waals surface area contributed by atoms with Crippen molar-refractivity contribution in [1.29, 1.82) is 0 Å². The van der Waals surface area contributed by atoms with E-state index in [2.05, 4.69) is 10.6 Å². The topological polar surface area (TPSA) is 64.6 Å². The van der Waals surface area contributed by atoms with E-state index in [0.717, 1.165) is 37.3 Å². The Morgan fingerprint density at radius 1 is 1.25 bits per heavy atom. The summed E-state index contributed by atoms with van der Waals surface area (Å²) in [6, 6.07) is 6.03. The standard InChI is InChI=1S/C15H21N3O2/c19-9-8-18(12-2-1-3-12)15(20)11-4-5-13-14(10-11)17-7-6-16-13/h4-5,10,12,16-17,19H,1-3,6-9H2. The lowest BCUT2D eigenvalue weighted by Crippen LogP contribution is -2.45. The number of hydrogen-bond acceptors (Lipinski definition) is 4. The van der Waals surface area contributed by atoms with Crippen LogP contribution in [-0.2, 0) is 0 Å². The van der Waals surface area contributed by atoms with E-state index in [9.17, 15) is 9.90 Å². The monoisotopic (exact) mass is 275 g/mol. The summed E-state index contributed by atoms with van der Waals surface area (Å²) in [4.78, 5) is 14.4. The van der Waals surface area contributed by atoms with Gasteiger partial charge in [-0.1, -0.05) is 0 Å². The van der Waals surface area contributed by atoms with Crippen molar-refractivity contribution in [3.63, 3.8) is 0 Å². The van der Waals surface area contributed by atoms with E-state index >= 15 is 0 Å². The molecule has 1 aromatic carbocycles. The van der Waals surface area contributed by atoms with Crippen LogP contribution in [0.1, 0.15) is 29.6 Å². The van der Waals surface area contributed by atoms with Crippen molar-refractivity contribution < 1.29 is 9.90 Å². The number of hydrogen-bond donors (Lipinski definition) is 3. The minimum atomic E-state index is 0.0208. The number of rotatable bonds is 4. The molecule has 1 saturated carbocycles. The molecule has 0 spiro atoms. The number of fused-ring (bicyclic) bond motifs is 1. The van der Waals surface area contributed by atoms with Gasteiger partial charge in [0.2, 0.25) is 0 Å². The van der Waals surface area contributed by atoms with Crippen LogP contribution in [0.3, 0.4) is 0 Å². The highest BCUT2D eigenvalue weighted by molar-refractivity contribution is 5.96. The predicted molar refractivity (Wildman–Crippen MR) is 79.2 cm³/mol. The first-order valence-electron chi connectivity index (χ1n) is 7.33. The first-order valence-corrected chi connectivity index (χ1v) is 7.33. The number of benzene rings is 1. The molecule has 5 nitrogen and oxygen atoms in total. The summed E-state index contributed by atoms with van der Waals surface area (Å²) in [5.41, 5.74) is 2.73. The molecule has 108 valence electrons. The Hall–Kier alpha value is -1.75. The third-order valence-electron chi connectivity index (χ3n) is 4.14. The van der Waals surface area contributed by atoms with E-state index in [0.29, 0.717) is 18.2 Å². The van der Waals surface area contributed by atoms with Crippen LogP contribution < -0.4 is 10.6 Å². The Morgan fingerprint density at radius 3 is 2.65 bits per heavy atom. The van der Waals surface area contributed by atoms with Gasteiger partial charge in [-0.25, -0.2) is 0 Å². The van der Waals surface area contributed by atoms with E-state index in [4.69, 9.17) is 0 Å². The first-order chi connectivity index (χ1) is 9.79. The van der Waals surface area contributed by atoms with Crippen LogP contribution in [0.2, 0.25) is 0 Å². The van der Waals surface area contributed by atoms with Crippen LogP contribution in [0.5, 0.6) is 0 Å². The maximum Gasteiger partial charge on any atom is 0.254 e. The largest absolute Gasteiger partial charge is 0.395 e. The Morgan fingerprint density at radius 2 is 2.00 bits per heavy atom. The van der Waals surface area contributed by atoms with Gasteiger partial charge in [-0.15, -0.1) is 0 Å². The second-order valence-electron chi connectivity index (χ2n) is 5.42. The Balaban J connectivity index is 1.81. The summed E-state index contributed by atoms with van der Waals surface area (Å²) in [6.07, 6.45) is 3.28. The molecule has 5 heteroatoms. The SMILES string of the molecule is O=C(c1ccc2c(c1)NCCN2)N(CCO)C1CCC1. The molecule has 1 heterocycles. The van der Waals surface area contributed by atoms with Gasteiger partial charge in [-0.3, -0.25) is 4.79 Å². The minimum Gasteiger partial charge on any atom is -0.395 e. The maximum absolute atomic E-state index is 12.6. The summed E-state index contributed by atoms with van der Waals surface area (Å²) >= 11 is 0. The van der Waals surface area contributed by atoms with Gasteiger partial charge in [-0.2, -0.15) is 0 Å². The fourth-order valence-corrected chi connectivity index (χ4v) is 2.79. The third-order valence-corrected chi connectivity index (χ3v) is 4.14. The molecule has 1 aromatic rings. The highest BCUT2D eigenvalue weighted by Crippen LogP contribution is 2.29. The van der Waals surface area contributed by atoms with Gasteiger partial charge < -0.3 is 20.6 Å². The van der Waals surface area contributed by atoms with Crippen LogP contribution in [0, 0.1) is 0 Å². The zero-order valence-electron chi connectivity index (χ0n) is 11.6. The number of nitrogens with one attached hydrogen (secondary N) is 2. The molecule has 1 aliphatic carbocycles. The number of amides is 1. The molecule has 0 atom stereocenters. The van der Waals surface area contributed by atoms with Crippen molar-refractivity contribution in [2.45, 2.75) is 25.3 Å². The summed E-state index contributed by atoms with van der Waals surface area (Å²) < 4.78 is 0. The van der Waals surface area contributed by atoms with E-state index in [-0.39, 0.29) is 12.5 Å². The molecule has 3 rings (SSSR count). The normalized spacial score (nSPS) is 17.4. The van der Waals surface area contributed by atoms with Gasteiger partial charge in [0.15, 0.2) is 0 Å². The molecule has 0 saturated heterocycles. The van der Waals surface area contributed by atoms with Gasteiger partial charge in [0.1, 0.15) is 0 Å². The van der Waals surface area contributed by atoms with Crippen LogP contribution in [-0.4, -0.2) is 48.2 Å². The maximum atomic E-state index is 12.6. The summed E-state index contributed by atoms with van der Waals surface area (Å²) in [5.74, 6) is 0.0268. The summed E-state index contributed by atoms with van der Waals surface area (Å²) in [7, 11) is 0. The van der Waals surface area contributed by atoms with Crippen molar-refractivity contribution in [3.05, 3.63) is 23.8 Å². The Labute approximate surface area is 119 Å². The Bertz CT molecular complexity index is 500. The molecule has 0 radical (unpaired) electrons. The van der Waals surface area contributed by atoms with Gasteiger partial charge in [0, 0.05) is 31.2 Å². The van der Waals surface area contributed by atoms with Crippen molar-refractivity contribution in [3.8, 4) is 0 Å². The van der Waals surface area contributed by atoms with Crippen LogP contribution >= 0.6 is 0 Å². The van der Waals surface area contributed by atoms with Gasteiger partial charge in [0.05, 0.1) is 18.0 Å². The number of carbonyl (C=O) groups excluding carboxylic acids is 1. The fourth-order valence-electron chi connectivity index (χ4n) is 2.79. The van der Waals surface area contributed by atoms with Crippen LogP contribution in [0.15, 0.2) is 18.2 Å². The van der Waals surface area contributed by atoms with E-state index in [1.807, 2.05) is 23.1 Å². The second kappa shape index (κ2) is 5.71. The van der Waals surface area contributed by atoms with Crippen LogP contribution in [0.25, 0.3) is 0 Å². The lowest BCUT2D eigenvalue weighted by Gasteiger charge is -2.37. The van der Waals surface area contributed by atoms with Crippen LogP contribution in [0.4, 0.5) is 11.4 Å². The molecule has 3 N–H and O–H groups in total. The molecule has 0 aromatic heterocycles. The number of aliphatic hydroxyl groups excluding tert-OH is 1. The molecule has 20 heavy (non-hydrogen) atoms. The average Bonchev–Trinajstić information content (AvgIpc) is 2.43. The smallest absolute Gasteiger partial charge is 0.254 e. The van der Waals surface area contributed by atoms with E-state index in [1.165, 1.54) is 6.42 Å². The van der Waals surface area contributed by atoms with Crippen molar-refractivity contribution in [2.24, 2.45) is 0 Å². The zero-order valence-corrected chi connectivity index (χ0v) is 11.6. The first kappa shape index (κ1) is 13.2. The molecule has 1 aliphatic heterocycles. The lowest BCUT2D eigenvalue weighted by molar-refractivity contribution is 0.0526.